The number of aryl methyl sites for hydroxylation is 2. The second-order valence-corrected chi connectivity index (χ2v) is 8.06. The van der Waals surface area contributed by atoms with Crippen LogP contribution in [0.4, 0.5) is 5.69 Å². The zero-order valence-corrected chi connectivity index (χ0v) is 16.0. The normalized spacial score (nSPS) is 15.3. The van der Waals surface area contributed by atoms with E-state index >= 15 is 0 Å². The van der Waals surface area contributed by atoms with Gasteiger partial charge in [0.2, 0.25) is 5.91 Å². The zero-order chi connectivity index (χ0) is 19.1. The zero-order valence-electron chi connectivity index (χ0n) is 15.2. The molecule has 0 saturated heterocycles. The third-order valence-electron chi connectivity index (χ3n) is 5.04. The van der Waals surface area contributed by atoms with Crippen LogP contribution in [0.25, 0.3) is 10.2 Å². The highest BCUT2D eigenvalue weighted by molar-refractivity contribution is 7.18. The number of nitrogens with zero attached hydrogens (tertiary/aromatic N) is 2. The first-order chi connectivity index (χ1) is 13.7. The first-order valence-electron chi connectivity index (χ1n) is 9.38. The number of carbonyl (C=O) groups excluding carboxylic acids is 1. The van der Waals surface area contributed by atoms with E-state index in [2.05, 4.69) is 10.3 Å². The van der Waals surface area contributed by atoms with Crippen molar-refractivity contribution in [2.45, 2.75) is 32.2 Å². The van der Waals surface area contributed by atoms with Gasteiger partial charge in [0.1, 0.15) is 11.4 Å². The summed E-state index contributed by atoms with van der Waals surface area (Å²) in [7, 11) is 0. The van der Waals surface area contributed by atoms with E-state index in [0.717, 1.165) is 36.1 Å². The number of hydrogen-bond donors (Lipinski definition) is 1. The lowest BCUT2D eigenvalue weighted by atomic mass is 10.2. The molecule has 0 atom stereocenters. The van der Waals surface area contributed by atoms with Gasteiger partial charge in [0.05, 0.1) is 24.9 Å². The SMILES string of the molecule is O=C(Cn1cnc2sc3c(c2c1=O)CCC3)Nc1ccc2c(c1)OCCCO2. The monoisotopic (exact) mass is 397 g/mol. The van der Waals surface area contributed by atoms with E-state index in [4.69, 9.17) is 9.47 Å². The maximum atomic E-state index is 12.9. The molecule has 1 N–H and O–H groups in total. The van der Waals surface area contributed by atoms with Gasteiger partial charge in [0.15, 0.2) is 11.5 Å². The third kappa shape index (κ3) is 3.03. The molecular formula is C20H19N3O4S. The molecule has 1 aliphatic carbocycles. The molecule has 0 bridgehead atoms. The Labute approximate surface area is 164 Å². The number of benzene rings is 1. The molecule has 0 radical (unpaired) electrons. The molecule has 0 unspecified atom stereocenters. The summed E-state index contributed by atoms with van der Waals surface area (Å²) in [5.41, 5.74) is 1.58. The van der Waals surface area contributed by atoms with Crippen LogP contribution in [0.15, 0.2) is 29.3 Å². The summed E-state index contributed by atoms with van der Waals surface area (Å²) in [5, 5.41) is 3.51. The molecule has 0 fully saturated rings. The second-order valence-electron chi connectivity index (χ2n) is 6.98. The Balaban J connectivity index is 1.37. The average Bonchev–Trinajstić information content (AvgIpc) is 3.18. The average molecular weight is 397 g/mol. The Morgan fingerprint density at radius 3 is 2.93 bits per heavy atom. The van der Waals surface area contributed by atoms with E-state index in [1.807, 2.05) is 0 Å². The van der Waals surface area contributed by atoms with Gasteiger partial charge in [-0.05, 0) is 37.0 Å². The summed E-state index contributed by atoms with van der Waals surface area (Å²) in [6, 6.07) is 5.29. The van der Waals surface area contributed by atoms with E-state index < -0.39 is 0 Å². The largest absolute Gasteiger partial charge is 0.490 e. The molecule has 5 rings (SSSR count). The predicted molar refractivity (Wildman–Crippen MR) is 107 cm³/mol. The summed E-state index contributed by atoms with van der Waals surface area (Å²) < 4.78 is 12.6. The molecule has 2 aliphatic rings. The highest BCUT2D eigenvalue weighted by atomic mass is 32.1. The van der Waals surface area contributed by atoms with Crippen LogP contribution in [0.5, 0.6) is 11.5 Å². The number of ether oxygens (including phenoxy) is 2. The van der Waals surface area contributed by atoms with Crippen molar-refractivity contribution < 1.29 is 14.3 Å². The third-order valence-corrected chi connectivity index (χ3v) is 6.24. The maximum Gasteiger partial charge on any atom is 0.262 e. The van der Waals surface area contributed by atoms with Crippen molar-refractivity contribution in [1.29, 1.82) is 0 Å². The quantitative estimate of drug-likeness (QED) is 0.735. The van der Waals surface area contributed by atoms with Crippen molar-refractivity contribution in [2.24, 2.45) is 0 Å². The fourth-order valence-electron chi connectivity index (χ4n) is 3.73. The molecule has 1 amide bonds. The summed E-state index contributed by atoms with van der Waals surface area (Å²) in [4.78, 5) is 31.8. The van der Waals surface area contributed by atoms with Crippen LogP contribution in [-0.2, 0) is 24.2 Å². The van der Waals surface area contributed by atoms with Crippen LogP contribution >= 0.6 is 11.3 Å². The van der Waals surface area contributed by atoms with Crippen molar-refractivity contribution in [2.75, 3.05) is 18.5 Å². The number of amides is 1. The van der Waals surface area contributed by atoms with E-state index in [1.165, 1.54) is 15.8 Å². The highest BCUT2D eigenvalue weighted by Crippen LogP contribution is 2.34. The molecule has 28 heavy (non-hydrogen) atoms. The van der Waals surface area contributed by atoms with Gasteiger partial charge in [-0.25, -0.2) is 4.98 Å². The van der Waals surface area contributed by atoms with Gasteiger partial charge in [-0.15, -0.1) is 11.3 Å². The fourth-order valence-corrected chi connectivity index (χ4v) is 4.95. The summed E-state index contributed by atoms with van der Waals surface area (Å²) in [5.74, 6) is 1.00. The van der Waals surface area contributed by atoms with E-state index in [1.54, 1.807) is 29.5 Å². The van der Waals surface area contributed by atoms with Crippen LogP contribution in [0.1, 0.15) is 23.3 Å². The maximum absolute atomic E-state index is 12.9. The lowest BCUT2D eigenvalue weighted by Crippen LogP contribution is -2.28. The first-order valence-corrected chi connectivity index (χ1v) is 10.2. The minimum Gasteiger partial charge on any atom is -0.490 e. The van der Waals surface area contributed by atoms with Crippen LogP contribution < -0.4 is 20.3 Å². The Morgan fingerprint density at radius 2 is 2.04 bits per heavy atom. The lowest BCUT2D eigenvalue weighted by molar-refractivity contribution is -0.116. The molecule has 7 nitrogen and oxygen atoms in total. The number of rotatable bonds is 3. The van der Waals surface area contributed by atoms with Crippen molar-refractivity contribution in [3.8, 4) is 11.5 Å². The Morgan fingerprint density at radius 1 is 1.18 bits per heavy atom. The van der Waals surface area contributed by atoms with E-state index in [9.17, 15) is 9.59 Å². The number of thiophene rings is 1. The standard InChI is InChI=1S/C20H19N3O4S/c24-17(22-12-5-6-14-15(9-12)27-8-2-7-26-14)10-23-11-21-19-18(20(23)25)13-3-1-4-16(13)28-19/h5-6,9,11H,1-4,7-8,10H2,(H,22,24). The second kappa shape index (κ2) is 6.94. The van der Waals surface area contributed by atoms with Crippen LogP contribution in [0.2, 0.25) is 0 Å². The van der Waals surface area contributed by atoms with Gasteiger partial charge in [0, 0.05) is 23.1 Å². The minimum absolute atomic E-state index is 0.0825. The van der Waals surface area contributed by atoms with Crippen LogP contribution in [-0.4, -0.2) is 28.7 Å². The molecule has 0 saturated carbocycles. The van der Waals surface area contributed by atoms with Crippen LogP contribution in [0.3, 0.4) is 0 Å². The predicted octanol–water partition coefficient (Wildman–Crippen LogP) is 2.75. The van der Waals surface area contributed by atoms with Gasteiger partial charge < -0.3 is 14.8 Å². The number of carbonyl (C=O) groups is 1. The van der Waals surface area contributed by atoms with Gasteiger partial charge in [0.25, 0.3) is 5.56 Å². The van der Waals surface area contributed by atoms with Crippen molar-refractivity contribution in [3.05, 3.63) is 45.3 Å². The number of anilines is 1. The molecule has 2 aromatic heterocycles. The number of nitrogens with one attached hydrogen (secondary N) is 1. The number of aromatic nitrogens is 2. The molecule has 3 heterocycles. The van der Waals surface area contributed by atoms with Gasteiger partial charge in [-0.2, -0.15) is 0 Å². The van der Waals surface area contributed by atoms with E-state index in [0.29, 0.717) is 35.8 Å². The Kier molecular flexibility index (Phi) is 4.27. The molecule has 8 heteroatoms. The van der Waals surface area contributed by atoms with Gasteiger partial charge in [-0.1, -0.05) is 0 Å². The molecular weight excluding hydrogens is 378 g/mol. The van der Waals surface area contributed by atoms with Gasteiger partial charge in [-0.3, -0.25) is 14.2 Å². The molecule has 144 valence electrons. The molecule has 0 spiro atoms. The topological polar surface area (TPSA) is 82.5 Å². The summed E-state index contributed by atoms with van der Waals surface area (Å²) in [6.07, 6.45) is 5.29. The van der Waals surface area contributed by atoms with Crippen molar-refractivity contribution >= 4 is 33.1 Å². The summed E-state index contributed by atoms with van der Waals surface area (Å²) >= 11 is 1.59. The van der Waals surface area contributed by atoms with Crippen molar-refractivity contribution in [3.63, 3.8) is 0 Å². The fraction of sp³-hybridized carbons (Fsp3) is 0.350. The molecule has 1 aliphatic heterocycles. The minimum atomic E-state index is -0.287. The van der Waals surface area contributed by atoms with Crippen LogP contribution in [0, 0.1) is 0 Å². The lowest BCUT2D eigenvalue weighted by Gasteiger charge is -2.11. The summed E-state index contributed by atoms with van der Waals surface area (Å²) in [6.45, 7) is 1.11. The van der Waals surface area contributed by atoms with Gasteiger partial charge >= 0.3 is 0 Å². The smallest absolute Gasteiger partial charge is 0.262 e. The molecule has 1 aromatic carbocycles. The Hall–Kier alpha value is -2.87. The molecule has 3 aromatic rings. The Bertz CT molecular complexity index is 1130. The van der Waals surface area contributed by atoms with E-state index in [-0.39, 0.29) is 18.0 Å². The van der Waals surface area contributed by atoms with Crippen molar-refractivity contribution in [1.82, 2.24) is 9.55 Å². The number of hydrogen-bond acceptors (Lipinski definition) is 6. The highest BCUT2D eigenvalue weighted by Gasteiger charge is 2.21. The first kappa shape index (κ1) is 17.2. The number of fused-ring (bicyclic) bond motifs is 4.